The van der Waals surface area contributed by atoms with Crippen LogP contribution < -0.4 is 5.32 Å². The van der Waals surface area contributed by atoms with Gasteiger partial charge in [-0.3, -0.25) is 4.79 Å². The highest BCUT2D eigenvalue weighted by atomic mass is 16.4. The van der Waals surface area contributed by atoms with Crippen molar-refractivity contribution in [1.29, 1.82) is 0 Å². The standard InChI is InChI=1S/C17H22N2O2/c1-3-4-10-16(20)18-12-11-15-17(19-13(2)21-15)14-8-6-5-7-9-14/h5-9H,3-4,10-12H2,1-2H3,(H,18,20). The van der Waals surface area contributed by atoms with Crippen molar-refractivity contribution >= 4 is 5.91 Å². The highest BCUT2D eigenvalue weighted by Gasteiger charge is 2.13. The van der Waals surface area contributed by atoms with E-state index in [-0.39, 0.29) is 5.91 Å². The minimum atomic E-state index is 0.106. The monoisotopic (exact) mass is 286 g/mol. The molecule has 1 amide bonds. The molecule has 0 bridgehead atoms. The van der Waals surface area contributed by atoms with Crippen LogP contribution in [-0.4, -0.2) is 17.4 Å². The summed E-state index contributed by atoms with van der Waals surface area (Å²) in [5, 5.41) is 2.93. The van der Waals surface area contributed by atoms with Crippen LogP contribution >= 0.6 is 0 Å². The molecular weight excluding hydrogens is 264 g/mol. The minimum absolute atomic E-state index is 0.106. The average Bonchev–Trinajstić information content (AvgIpc) is 2.87. The van der Waals surface area contributed by atoms with Crippen molar-refractivity contribution in [2.75, 3.05) is 6.54 Å². The van der Waals surface area contributed by atoms with Crippen molar-refractivity contribution in [3.8, 4) is 11.3 Å². The van der Waals surface area contributed by atoms with Crippen LogP contribution in [0.25, 0.3) is 11.3 Å². The van der Waals surface area contributed by atoms with E-state index in [9.17, 15) is 4.79 Å². The quantitative estimate of drug-likeness (QED) is 0.847. The van der Waals surface area contributed by atoms with Gasteiger partial charge in [0.2, 0.25) is 5.91 Å². The molecular formula is C17H22N2O2. The second-order valence-electron chi connectivity index (χ2n) is 5.07. The van der Waals surface area contributed by atoms with E-state index in [1.165, 1.54) is 0 Å². The Morgan fingerprint density at radius 2 is 2.05 bits per heavy atom. The summed E-state index contributed by atoms with van der Waals surface area (Å²) >= 11 is 0. The summed E-state index contributed by atoms with van der Waals surface area (Å²) in [4.78, 5) is 16.0. The van der Waals surface area contributed by atoms with Gasteiger partial charge in [0.05, 0.1) is 0 Å². The summed E-state index contributed by atoms with van der Waals surface area (Å²) in [7, 11) is 0. The Kier molecular flexibility index (Phi) is 5.55. The molecule has 0 unspecified atom stereocenters. The van der Waals surface area contributed by atoms with E-state index in [2.05, 4.69) is 17.2 Å². The molecule has 1 aromatic heterocycles. The number of carbonyl (C=O) groups excluding carboxylic acids is 1. The van der Waals surface area contributed by atoms with Crippen molar-refractivity contribution in [2.24, 2.45) is 0 Å². The molecule has 1 heterocycles. The molecule has 4 heteroatoms. The highest BCUT2D eigenvalue weighted by molar-refractivity contribution is 5.75. The number of aromatic nitrogens is 1. The first-order valence-corrected chi connectivity index (χ1v) is 7.49. The number of unbranched alkanes of at least 4 members (excludes halogenated alkanes) is 1. The minimum Gasteiger partial charge on any atom is -0.445 e. The Balaban J connectivity index is 1.96. The lowest BCUT2D eigenvalue weighted by molar-refractivity contribution is -0.121. The van der Waals surface area contributed by atoms with Gasteiger partial charge >= 0.3 is 0 Å². The Morgan fingerprint density at radius 1 is 1.29 bits per heavy atom. The zero-order valence-electron chi connectivity index (χ0n) is 12.7. The maximum Gasteiger partial charge on any atom is 0.220 e. The average molecular weight is 286 g/mol. The van der Waals surface area contributed by atoms with Crippen LogP contribution in [0.2, 0.25) is 0 Å². The first kappa shape index (κ1) is 15.3. The van der Waals surface area contributed by atoms with E-state index in [0.29, 0.717) is 25.3 Å². The molecule has 1 N–H and O–H groups in total. The number of nitrogens with zero attached hydrogens (tertiary/aromatic N) is 1. The Hall–Kier alpha value is -2.10. The maximum absolute atomic E-state index is 11.6. The Bertz CT molecular complexity index is 576. The molecule has 0 fully saturated rings. The lowest BCUT2D eigenvalue weighted by Gasteiger charge is -2.04. The van der Waals surface area contributed by atoms with Gasteiger partial charge in [0, 0.05) is 31.9 Å². The first-order chi connectivity index (χ1) is 10.2. The summed E-state index contributed by atoms with van der Waals surface area (Å²) in [6, 6.07) is 9.97. The summed E-state index contributed by atoms with van der Waals surface area (Å²) in [5.74, 6) is 1.59. The summed E-state index contributed by atoms with van der Waals surface area (Å²) in [5.41, 5.74) is 1.91. The smallest absolute Gasteiger partial charge is 0.220 e. The van der Waals surface area contributed by atoms with Gasteiger partial charge in [-0.2, -0.15) is 0 Å². The fourth-order valence-electron chi connectivity index (χ4n) is 2.20. The van der Waals surface area contributed by atoms with Crippen molar-refractivity contribution in [2.45, 2.75) is 39.5 Å². The number of hydrogen-bond donors (Lipinski definition) is 1. The molecule has 0 aliphatic carbocycles. The number of nitrogens with one attached hydrogen (secondary N) is 1. The zero-order chi connectivity index (χ0) is 15.1. The van der Waals surface area contributed by atoms with Crippen LogP contribution in [0.3, 0.4) is 0 Å². The summed E-state index contributed by atoms with van der Waals surface area (Å²) in [6.07, 6.45) is 3.22. The topological polar surface area (TPSA) is 55.1 Å². The zero-order valence-corrected chi connectivity index (χ0v) is 12.7. The third kappa shape index (κ3) is 4.45. The maximum atomic E-state index is 11.6. The fraction of sp³-hybridized carbons (Fsp3) is 0.412. The van der Waals surface area contributed by atoms with Crippen LogP contribution in [-0.2, 0) is 11.2 Å². The summed E-state index contributed by atoms with van der Waals surface area (Å²) < 4.78 is 5.67. The van der Waals surface area contributed by atoms with Gasteiger partial charge in [-0.25, -0.2) is 4.98 Å². The molecule has 0 radical (unpaired) electrons. The van der Waals surface area contributed by atoms with E-state index >= 15 is 0 Å². The second-order valence-corrected chi connectivity index (χ2v) is 5.07. The van der Waals surface area contributed by atoms with Crippen molar-refractivity contribution < 1.29 is 9.21 Å². The lowest BCUT2D eigenvalue weighted by atomic mass is 10.1. The van der Waals surface area contributed by atoms with Gasteiger partial charge in [0.25, 0.3) is 0 Å². The number of oxazole rings is 1. The molecule has 0 atom stereocenters. The van der Waals surface area contributed by atoms with E-state index in [1.807, 2.05) is 37.3 Å². The summed E-state index contributed by atoms with van der Waals surface area (Å²) in [6.45, 7) is 4.50. The molecule has 0 spiro atoms. The molecule has 0 aliphatic rings. The predicted octanol–water partition coefficient (Wildman–Crippen LogP) is 3.50. The number of benzene rings is 1. The van der Waals surface area contributed by atoms with Crippen molar-refractivity contribution in [1.82, 2.24) is 10.3 Å². The number of amides is 1. The SMILES string of the molecule is CCCCC(=O)NCCc1oc(C)nc1-c1ccccc1. The molecule has 2 rings (SSSR count). The third-order valence-corrected chi connectivity index (χ3v) is 3.28. The van der Waals surface area contributed by atoms with E-state index < -0.39 is 0 Å². The molecule has 2 aromatic rings. The molecule has 0 saturated heterocycles. The third-order valence-electron chi connectivity index (χ3n) is 3.28. The normalized spacial score (nSPS) is 10.6. The largest absolute Gasteiger partial charge is 0.445 e. The van der Waals surface area contributed by atoms with Crippen molar-refractivity contribution in [3.63, 3.8) is 0 Å². The van der Waals surface area contributed by atoms with E-state index in [0.717, 1.165) is 29.9 Å². The second kappa shape index (κ2) is 7.62. The first-order valence-electron chi connectivity index (χ1n) is 7.49. The Morgan fingerprint density at radius 3 is 2.76 bits per heavy atom. The van der Waals surface area contributed by atoms with Crippen LogP contribution in [0, 0.1) is 6.92 Å². The van der Waals surface area contributed by atoms with E-state index in [4.69, 9.17) is 4.42 Å². The number of rotatable bonds is 7. The number of carbonyl (C=O) groups is 1. The Labute approximate surface area is 125 Å². The van der Waals surface area contributed by atoms with Crippen molar-refractivity contribution in [3.05, 3.63) is 42.0 Å². The van der Waals surface area contributed by atoms with E-state index in [1.54, 1.807) is 0 Å². The fourth-order valence-corrected chi connectivity index (χ4v) is 2.20. The molecule has 112 valence electrons. The number of aryl methyl sites for hydroxylation is 1. The lowest BCUT2D eigenvalue weighted by Crippen LogP contribution is -2.25. The van der Waals surface area contributed by atoms with Gasteiger partial charge < -0.3 is 9.73 Å². The van der Waals surface area contributed by atoms with Gasteiger partial charge in [-0.05, 0) is 6.42 Å². The van der Waals surface area contributed by atoms with Crippen LogP contribution in [0.1, 0.15) is 37.8 Å². The van der Waals surface area contributed by atoms with Crippen LogP contribution in [0.5, 0.6) is 0 Å². The predicted molar refractivity (Wildman–Crippen MR) is 82.9 cm³/mol. The van der Waals surface area contributed by atoms with Gasteiger partial charge in [-0.1, -0.05) is 43.7 Å². The molecule has 4 nitrogen and oxygen atoms in total. The van der Waals surface area contributed by atoms with Gasteiger partial charge in [-0.15, -0.1) is 0 Å². The molecule has 21 heavy (non-hydrogen) atoms. The molecule has 1 aromatic carbocycles. The van der Waals surface area contributed by atoms with Gasteiger partial charge in [0.15, 0.2) is 5.89 Å². The highest BCUT2D eigenvalue weighted by Crippen LogP contribution is 2.23. The molecule has 0 aliphatic heterocycles. The number of hydrogen-bond acceptors (Lipinski definition) is 3. The molecule has 0 saturated carbocycles. The van der Waals surface area contributed by atoms with Gasteiger partial charge in [0.1, 0.15) is 11.5 Å². The van der Waals surface area contributed by atoms with Crippen LogP contribution in [0.4, 0.5) is 0 Å². The van der Waals surface area contributed by atoms with Crippen LogP contribution in [0.15, 0.2) is 34.7 Å².